The molecule has 0 amide bonds. The summed E-state index contributed by atoms with van der Waals surface area (Å²) in [7, 11) is 0. The standard InChI is InChI=1S/C12H13F3O3/c1-7(11(17)18)6-10(16)8-2-4-9(5-3-8)12(13,14)15/h2-5,7,10,16H,6H2,1H3,(H,17,18). The summed E-state index contributed by atoms with van der Waals surface area (Å²) in [6, 6.07) is 4.04. The molecule has 100 valence electrons. The third-order valence-electron chi connectivity index (χ3n) is 2.62. The van der Waals surface area contributed by atoms with Crippen molar-refractivity contribution in [2.45, 2.75) is 25.6 Å². The van der Waals surface area contributed by atoms with Gasteiger partial charge in [0.2, 0.25) is 0 Å². The van der Waals surface area contributed by atoms with E-state index >= 15 is 0 Å². The van der Waals surface area contributed by atoms with Gasteiger partial charge in [0.1, 0.15) is 0 Å². The lowest BCUT2D eigenvalue weighted by molar-refractivity contribution is -0.142. The number of aliphatic carboxylic acids is 1. The third-order valence-corrected chi connectivity index (χ3v) is 2.62. The van der Waals surface area contributed by atoms with Crippen LogP contribution in [-0.4, -0.2) is 16.2 Å². The van der Waals surface area contributed by atoms with Gasteiger partial charge in [-0.05, 0) is 24.1 Å². The summed E-state index contributed by atoms with van der Waals surface area (Å²) >= 11 is 0. The Morgan fingerprint density at radius 3 is 2.17 bits per heavy atom. The largest absolute Gasteiger partial charge is 0.481 e. The molecule has 0 spiro atoms. The molecule has 0 aliphatic rings. The fourth-order valence-electron chi connectivity index (χ4n) is 1.47. The van der Waals surface area contributed by atoms with E-state index in [-0.39, 0.29) is 12.0 Å². The summed E-state index contributed by atoms with van der Waals surface area (Å²) in [6.45, 7) is 1.43. The first-order valence-corrected chi connectivity index (χ1v) is 5.30. The summed E-state index contributed by atoms with van der Waals surface area (Å²) < 4.78 is 36.9. The van der Waals surface area contributed by atoms with Crippen molar-refractivity contribution >= 4 is 5.97 Å². The number of carboxylic acids is 1. The zero-order valence-corrected chi connectivity index (χ0v) is 9.61. The normalized spacial score (nSPS) is 15.2. The van der Waals surface area contributed by atoms with E-state index in [1.54, 1.807) is 0 Å². The van der Waals surface area contributed by atoms with Crippen LogP contribution in [0.15, 0.2) is 24.3 Å². The van der Waals surface area contributed by atoms with E-state index in [0.717, 1.165) is 24.3 Å². The van der Waals surface area contributed by atoms with Crippen molar-refractivity contribution in [2.24, 2.45) is 5.92 Å². The summed E-state index contributed by atoms with van der Waals surface area (Å²) in [5.41, 5.74) is -0.527. The number of halogens is 3. The molecule has 0 aliphatic carbocycles. The lowest BCUT2D eigenvalue weighted by Gasteiger charge is -2.14. The number of rotatable bonds is 4. The molecule has 1 aromatic carbocycles. The zero-order valence-electron chi connectivity index (χ0n) is 9.61. The minimum atomic E-state index is -4.42. The predicted octanol–water partition coefficient (Wildman–Crippen LogP) is 2.85. The Kier molecular flexibility index (Phi) is 4.34. The van der Waals surface area contributed by atoms with Crippen molar-refractivity contribution in [1.82, 2.24) is 0 Å². The molecule has 0 bridgehead atoms. The number of aliphatic hydroxyl groups excluding tert-OH is 1. The van der Waals surface area contributed by atoms with E-state index in [9.17, 15) is 23.1 Å². The molecule has 0 heterocycles. The van der Waals surface area contributed by atoms with Gasteiger partial charge in [-0.25, -0.2) is 0 Å². The van der Waals surface area contributed by atoms with Crippen LogP contribution >= 0.6 is 0 Å². The quantitative estimate of drug-likeness (QED) is 0.877. The Hall–Kier alpha value is -1.56. The second-order valence-corrected chi connectivity index (χ2v) is 4.11. The molecule has 0 aliphatic heterocycles. The molecule has 6 heteroatoms. The molecule has 0 saturated heterocycles. The summed E-state index contributed by atoms with van der Waals surface area (Å²) in [6.07, 6.45) is -5.54. The van der Waals surface area contributed by atoms with Gasteiger partial charge < -0.3 is 10.2 Å². The molecule has 0 radical (unpaired) electrons. The molecule has 0 aromatic heterocycles. The van der Waals surface area contributed by atoms with Crippen LogP contribution < -0.4 is 0 Å². The van der Waals surface area contributed by atoms with E-state index in [1.807, 2.05) is 0 Å². The van der Waals surface area contributed by atoms with Crippen LogP contribution in [0.1, 0.15) is 30.6 Å². The van der Waals surface area contributed by atoms with Gasteiger partial charge in [0, 0.05) is 0 Å². The van der Waals surface area contributed by atoms with Crippen molar-refractivity contribution in [3.63, 3.8) is 0 Å². The average Bonchev–Trinajstić information content (AvgIpc) is 2.27. The molecule has 2 atom stereocenters. The number of hydrogen-bond acceptors (Lipinski definition) is 2. The van der Waals surface area contributed by atoms with Crippen molar-refractivity contribution in [1.29, 1.82) is 0 Å². The smallest absolute Gasteiger partial charge is 0.416 e. The fraction of sp³-hybridized carbons (Fsp3) is 0.417. The summed E-state index contributed by atoms with van der Waals surface area (Å²) in [4.78, 5) is 10.6. The minimum Gasteiger partial charge on any atom is -0.481 e. The average molecular weight is 262 g/mol. The third kappa shape index (κ3) is 3.73. The Morgan fingerprint density at radius 1 is 1.28 bits per heavy atom. The summed E-state index contributed by atoms with van der Waals surface area (Å²) in [5.74, 6) is -1.82. The SMILES string of the molecule is CC(CC(O)c1ccc(C(F)(F)F)cc1)C(=O)O. The maximum absolute atomic E-state index is 12.3. The topological polar surface area (TPSA) is 57.5 Å². The van der Waals surface area contributed by atoms with E-state index < -0.39 is 29.7 Å². The van der Waals surface area contributed by atoms with Crippen LogP contribution in [0.5, 0.6) is 0 Å². The van der Waals surface area contributed by atoms with Crippen LogP contribution in [0.3, 0.4) is 0 Å². The fourth-order valence-corrected chi connectivity index (χ4v) is 1.47. The zero-order chi connectivity index (χ0) is 13.9. The van der Waals surface area contributed by atoms with E-state index in [0.29, 0.717) is 0 Å². The van der Waals surface area contributed by atoms with Gasteiger partial charge in [-0.3, -0.25) is 4.79 Å². The van der Waals surface area contributed by atoms with E-state index in [1.165, 1.54) is 6.92 Å². The van der Waals surface area contributed by atoms with Crippen LogP contribution in [0, 0.1) is 5.92 Å². The highest BCUT2D eigenvalue weighted by molar-refractivity contribution is 5.69. The van der Waals surface area contributed by atoms with Crippen LogP contribution in [0.4, 0.5) is 13.2 Å². The Balaban J connectivity index is 2.76. The van der Waals surface area contributed by atoms with Crippen LogP contribution in [-0.2, 0) is 11.0 Å². The first-order chi connectivity index (χ1) is 8.21. The lowest BCUT2D eigenvalue weighted by atomic mass is 9.97. The second kappa shape index (κ2) is 5.39. The molecule has 3 nitrogen and oxygen atoms in total. The van der Waals surface area contributed by atoms with Crippen molar-refractivity contribution < 1.29 is 28.2 Å². The van der Waals surface area contributed by atoms with Gasteiger partial charge in [0.15, 0.2) is 0 Å². The molecular formula is C12H13F3O3. The number of benzene rings is 1. The Labute approximate surface area is 102 Å². The first-order valence-electron chi connectivity index (χ1n) is 5.30. The van der Waals surface area contributed by atoms with Gasteiger partial charge in [-0.1, -0.05) is 19.1 Å². The number of hydrogen-bond donors (Lipinski definition) is 2. The van der Waals surface area contributed by atoms with Gasteiger partial charge in [0.25, 0.3) is 0 Å². The van der Waals surface area contributed by atoms with Gasteiger partial charge in [0.05, 0.1) is 17.6 Å². The number of alkyl halides is 3. The number of carbonyl (C=O) groups is 1. The highest BCUT2D eigenvalue weighted by Crippen LogP contribution is 2.30. The number of aliphatic hydroxyl groups is 1. The molecule has 2 unspecified atom stereocenters. The molecule has 18 heavy (non-hydrogen) atoms. The maximum atomic E-state index is 12.3. The highest BCUT2D eigenvalue weighted by atomic mass is 19.4. The van der Waals surface area contributed by atoms with Crippen molar-refractivity contribution in [3.05, 3.63) is 35.4 Å². The van der Waals surface area contributed by atoms with E-state index in [4.69, 9.17) is 5.11 Å². The van der Waals surface area contributed by atoms with Crippen molar-refractivity contribution in [3.8, 4) is 0 Å². The molecule has 2 N–H and O–H groups in total. The number of carboxylic acid groups (broad SMARTS) is 1. The monoisotopic (exact) mass is 262 g/mol. The maximum Gasteiger partial charge on any atom is 0.416 e. The van der Waals surface area contributed by atoms with Gasteiger partial charge >= 0.3 is 12.1 Å². The Morgan fingerprint density at radius 2 is 1.78 bits per heavy atom. The highest BCUT2D eigenvalue weighted by Gasteiger charge is 2.30. The van der Waals surface area contributed by atoms with Crippen LogP contribution in [0.25, 0.3) is 0 Å². The van der Waals surface area contributed by atoms with E-state index in [2.05, 4.69) is 0 Å². The minimum absolute atomic E-state index is 0.0410. The molecule has 1 rings (SSSR count). The second-order valence-electron chi connectivity index (χ2n) is 4.11. The van der Waals surface area contributed by atoms with Gasteiger partial charge in [-0.2, -0.15) is 13.2 Å². The molecule has 0 saturated carbocycles. The van der Waals surface area contributed by atoms with Crippen LogP contribution in [0.2, 0.25) is 0 Å². The summed E-state index contributed by atoms with van der Waals surface area (Å²) in [5, 5.41) is 18.4. The first kappa shape index (κ1) is 14.5. The molecule has 1 aromatic rings. The predicted molar refractivity (Wildman–Crippen MR) is 57.8 cm³/mol. The molecular weight excluding hydrogens is 249 g/mol. The molecule has 0 fully saturated rings. The van der Waals surface area contributed by atoms with Crippen molar-refractivity contribution in [2.75, 3.05) is 0 Å². The Bertz CT molecular complexity index is 412. The van der Waals surface area contributed by atoms with Gasteiger partial charge in [-0.15, -0.1) is 0 Å². The lowest BCUT2D eigenvalue weighted by Crippen LogP contribution is -2.14.